The van der Waals surface area contributed by atoms with Crippen LogP contribution in [0, 0.1) is 5.92 Å². The Morgan fingerprint density at radius 1 is 1.08 bits per heavy atom. The molecule has 5 rings (SSSR count). The van der Waals surface area contributed by atoms with Crippen LogP contribution in [-0.4, -0.2) is 31.3 Å². The zero-order valence-corrected chi connectivity index (χ0v) is 13.9. The van der Waals surface area contributed by atoms with E-state index in [2.05, 4.69) is 30.7 Å². The van der Waals surface area contributed by atoms with Crippen LogP contribution >= 0.6 is 0 Å². The van der Waals surface area contributed by atoms with E-state index in [0.717, 1.165) is 46.3 Å². The highest BCUT2D eigenvalue weighted by molar-refractivity contribution is 5.97. The molecule has 1 aliphatic rings. The molecule has 3 N–H and O–H groups in total. The number of rotatable bonds is 4. The van der Waals surface area contributed by atoms with Gasteiger partial charge in [0.05, 0.1) is 11.2 Å². The first-order valence-electron chi connectivity index (χ1n) is 8.53. The maximum absolute atomic E-state index is 12.0. The molecule has 2 heterocycles. The standard InChI is InChI=1S/C19H16N6O/c26-19(11-4-5-11)22-14-3-1-2-12(8-14)17-15-9-13(18-20-10-21-25-18)6-7-16(15)23-24-17/h1-3,6-11H,4-5H2,(H,22,26)(H,23,24)(H,20,21,25). The summed E-state index contributed by atoms with van der Waals surface area (Å²) in [4.78, 5) is 16.2. The molecule has 0 aliphatic heterocycles. The predicted octanol–water partition coefficient (Wildman–Crippen LogP) is 3.36. The normalized spacial score (nSPS) is 13.8. The van der Waals surface area contributed by atoms with Gasteiger partial charge in [-0.05, 0) is 43.2 Å². The molecular formula is C19H16N6O. The lowest BCUT2D eigenvalue weighted by atomic mass is 10.0. The molecule has 7 heteroatoms. The Bertz CT molecular complexity index is 1090. The number of aromatic nitrogens is 5. The topological polar surface area (TPSA) is 99.4 Å². The van der Waals surface area contributed by atoms with Crippen LogP contribution in [0.1, 0.15) is 12.8 Å². The fourth-order valence-electron chi connectivity index (χ4n) is 3.06. The zero-order valence-electron chi connectivity index (χ0n) is 13.9. The van der Waals surface area contributed by atoms with E-state index in [-0.39, 0.29) is 11.8 Å². The lowest BCUT2D eigenvalue weighted by Crippen LogP contribution is -2.13. The maximum Gasteiger partial charge on any atom is 0.227 e. The van der Waals surface area contributed by atoms with Crippen LogP contribution in [0.25, 0.3) is 33.5 Å². The maximum atomic E-state index is 12.0. The minimum atomic E-state index is 0.0981. The molecule has 0 saturated heterocycles. The highest BCUT2D eigenvalue weighted by Gasteiger charge is 2.29. The van der Waals surface area contributed by atoms with Crippen molar-refractivity contribution in [1.82, 2.24) is 25.4 Å². The fourth-order valence-corrected chi connectivity index (χ4v) is 3.06. The van der Waals surface area contributed by atoms with Gasteiger partial charge in [-0.15, -0.1) is 0 Å². The Morgan fingerprint density at radius 3 is 2.81 bits per heavy atom. The molecule has 7 nitrogen and oxygen atoms in total. The molecule has 2 aromatic heterocycles. The zero-order chi connectivity index (χ0) is 17.5. The van der Waals surface area contributed by atoms with Gasteiger partial charge >= 0.3 is 0 Å². The number of H-pyrrole nitrogens is 2. The third-order valence-electron chi connectivity index (χ3n) is 4.59. The summed E-state index contributed by atoms with van der Waals surface area (Å²) in [6.07, 6.45) is 3.53. The smallest absolute Gasteiger partial charge is 0.227 e. The first kappa shape index (κ1) is 14.8. The summed E-state index contributed by atoms with van der Waals surface area (Å²) in [5.74, 6) is 0.916. The Labute approximate surface area is 148 Å². The van der Waals surface area contributed by atoms with Crippen molar-refractivity contribution < 1.29 is 4.79 Å². The second-order valence-electron chi connectivity index (χ2n) is 6.50. The number of hydrogen-bond donors (Lipinski definition) is 3. The predicted molar refractivity (Wildman–Crippen MR) is 98.3 cm³/mol. The molecule has 2 aromatic carbocycles. The van der Waals surface area contributed by atoms with Gasteiger partial charge in [-0.3, -0.25) is 15.0 Å². The van der Waals surface area contributed by atoms with E-state index in [1.54, 1.807) is 6.33 Å². The number of aromatic amines is 2. The summed E-state index contributed by atoms with van der Waals surface area (Å²) in [6, 6.07) is 13.7. The lowest BCUT2D eigenvalue weighted by Gasteiger charge is -2.06. The number of fused-ring (bicyclic) bond motifs is 1. The van der Waals surface area contributed by atoms with Crippen molar-refractivity contribution in [3.8, 4) is 22.6 Å². The second-order valence-corrected chi connectivity index (χ2v) is 6.50. The van der Waals surface area contributed by atoms with Gasteiger partial charge in [0.2, 0.25) is 5.91 Å². The first-order chi connectivity index (χ1) is 12.8. The number of hydrogen-bond acceptors (Lipinski definition) is 4. The summed E-state index contributed by atoms with van der Waals surface area (Å²) in [5.41, 5.74) is 4.42. The van der Waals surface area contributed by atoms with Crippen LogP contribution in [0.3, 0.4) is 0 Å². The number of amides is 1. The molecule has 0 spiro atoms. The minimum absolute atomic E-state index is 0.0981. The number of carbonyl (C=O) groups excluding carboxylic acids is 1. The van der Waals surface area contributed by atoms with Gasteiger partial charge in [-0.1, -0.05) is 12.1 Å². The summed E-state index contributed by atoms with van der Waals surface area (Å²) in [5, 5.41) is 18.4. The molecule has 1 amide bonds. The van der Waals surface area contributed by atoms with Crippen LogP contribution < -0.4 is 5.32 Å². The van der Waals surface area contributed by atoms with Crippen LogP contribution in [0.2, 0.25) is 0 Å². The number of nitrogens with zero attached hydrogens (tertiary/aromatic N) is 3. The van der Waals surface area contributed by atoms with E-state index in [1.165, 1.54) is 0 Å². The largest absolute Gasteiger partial charge is 0.326 e. The van der Waals surface area contributed by atoms with Gasteiger partial charge < -0.3 is 5.32 Å². The Balaban J connectivity index is 1.54. The van der Waals surface area contributed by atoms with Crippen LogP contribution in [0.15, 0.2) is 48.8 Å². The van der Waals surface area contributed by atoms with Gasteiger partial charge in [0, 0.05) is 28.1 Å². The van der Waals surface area contributed by atoms with Gasteiger partial charge in [0.25, 0.3) is 0 Å². The summed E-state index contributed by atoms with van der Waals surface area (Å²) >= 11 is 0. The van der Waals surface area contributed by atoms with Crippen molar-refractivity contribution in [3.05, 3.63) is 48.8 Å². The Morgan fingerprint density at radius 2 is 2.00 bits per heavy atom. The van der Waals surface area contributed by atoms with Crippen molar-refractivity contribution >= 4 is 22.5 Å². The summed E-state index contributed by atoms with van der Waals surface area (Å²) < 4.78 is 0. The van der Waals surface area contributed by atoms with Gasteiger partial charge in [-0.25, -0.2) is 4.98 Å². The van der Waals surface area contributed by atoms with Crippen molar-refractivity contribution in [1.29, 1.82) is 0 Å². The summed E-state index contributed by atoms with van der Waals surface area (Å²) in [7, 11) is 0. The molecule has 0 radical (unpaired) electrons. The van der Waals surface area contributed by atoms with E-state index in [4.69, 9.17) is 0 Å². The molecule has 128 valence electrons. The van der Waals surface area contributed by atoms with Gasteiger partial charge in [0.1, 0.15) is 6.33 Å². The van der Waals surface area contributed by atoms with Crippen molar-refractivity contribution in [2.45, 2.75) is 12.8 Å². The van der Waals surface area contributed by atoms with Crippen LogP contribution in [-0.2, 0) is 4.79 Å². The Kier molecular flexibility index (Phi) is 3.31. The monoisotopic (exact) mass is 344 g/mol. The van der Waals surface area contributed by atoms with E-state index in [1.807, 2.05) is 42.5 Å². The van der Waals surface area contributed by atoms with Crippen LogP contribution in [0.4, 0.5) is 5.69 Å². The first-order valence-corrected chi connectivity index (χ1v) is 8.53. The molecule has 0 unspecified atom stereocenters. The van der Waals surface area contributed by atoms with Crippen molar-refractivity contribution in [2.75, 3.05) is 5.32 Å². The number of benzene rings is 2. The molecule has 1 fully saturated rings. The minimum Gasteiger partial charge on any atom is -0.326 e. The molecule has 1 aliphatic carbocycles. The van der Waals surface area contributed by atoms with E-state index in [9.17, 15) is 4.79 Å². The third-order valence-corrected chi connectivity index (χ3v) is 4.59. The quantitative estimate of drug-likeness (QED) is 0.528. The number of nitrogens with one attached hydrogen (secondary N) is 3. The molecule has 4 aromatic rings. The van der Waals surface area contributed by atoms with Crippen molar-refractivity contribution in [2.24, 2.45) is 5.92 Å². The molecule has 0 atom stereocenters. The molecule has 26 heavy (non-hydrogen) atoms. The van der Waals surface area contributed by atoms with Gasteiger partial charge in [0.15, 0.2) is 5.82 Å². The fraction of sp³-hybridized carbons (Fsp3) is 0.158. The molecule has 0 bridgehead atoms. The molecule has 1 saturated carbocycles. The van der Waals surface area contributed by atoms with Gasteiger partial charge in [-0.2, -0.15) is 10.2 Å². The van der Waals surface area contributed by atoms with E-state index >= 15 is 0 Å². The average Bonchev–Trinajstić information content (AvgIpc) is 3.21. The SMILES string of the molecule is O=C(Nc1cccc(-c2n[nH]c3ccc(-c4nc[nH]n4)cc23)c1)C1CC1. The highest BCUT2D eigenvalue weighted by atomic mass is 16.2. The highest BCUT2D eigenvalue weighted by Crippen LogP contribution is 2.32. The third kappa shape index (κ3) is 2.63. The lowest BCUT2D eigenvalue weighted by molar-refractivity contribution is -0.117. The Hall–Kier alpha value is -3.48. The average molecular weight is 344 g/mol. The van der Waals surface area contributed by atoms with E-state index < -0.39 is 0 Å². The number of anilines is 1. The van der Waals surface area contributed by atoms with Crippen LogP contribution in [0.5, 0.6) is 0 Å². The second kappa shape index (κ2) is 5.80. The molecular weight excluding hydrogens is 328 g/mol. The summed E-state index contributed by atoms with van der Waals surface area (Å²) in [6.45, 7) is 0. The van der Waals surface area contributed by atoms with E-state index in [0.29, 0.717) is 5.82 Å². The van der Waals surface area contributed by atoms with Crippen molar-refractivity contribution in [3.63, 3.8) is 0 Å². The number of carbonyl (C=O) groups is 1.